The number of amides is 1. The number of aryl methyl sites for hydroxylation is 1. The lowest BCUT2D eigenvalue weighted by Crippen LogP contribution is -2.36. The first-order valence-corrected chi connectivity index (χ1v) is 10.7. The Morgan fingerprint density at radius 3 is 2.21 bits per heavy atom. The third-order valence-electron chi connectivity index (χ3n) is 5.02. The van der Waals surface area contributed by atoms with E-state index in [1.165, 1.54) is 4.90 Å². The summed E-state index contributed by atoms with van der Waals surface area (Å²) in [5.74, 6) is 0. The van der Waals surface area contributed by atoms with Crippen molar-refractivity contribution in [2.24, 2.45) is 0 Å². The minimum absolute atomic E-state index is 0.235. The molecule has 0 saturated carbocycles. The van der Waals surface area contributed by atoms with Crippen LogP contribution in [0.5, 0.6) is 0 Å². The van der Waals surface area contributed by atoms with E-state index >= 15 is 0 Å². The second-order valence-electron chi connectivity index (χ2n) is 8.25. The van der Waals surface area contributed by atoms with E-state index < -0.39 is 33.6 Å². The molecule has 2 aliphatic heterocycles. The second-order valence-corrected chi connectivity index (χ2v) is 10.2. The van der Waals surface area contributed by atoms with Crippen LogP contribution in [-0.4, -0.2) is 25.0 Å². The Hall–Kier alpha value is -2.60. The van der Waals surface area contributed by atoms with E-state index in [1.54, 1.807) is 51.1 Å². The summed E-state index contributed by atoms with van der Waals surface area (Å²) >= 11 is 0. The summed E-state index contributed by atoms with van der Waals surface area (Å²) in [4.78, 5) is 14.9. The number of nitrogens with zero attached hydrogens (tertiary/aromatic N) is 1. The minimum Gasteiger partial charge on any atom is -0.444 e. The van der Waals surface area contributed by atoms with Gasteiger partial charge in [-0.15, -0.1) is 0 Å². The van der Waals surface area contributed by atoms with Crippen molar-refractivity contribution >= 4 is 15.9 Å². The van der Waals surface area contributed by atoms with Gasteiger partial charge in [0, 0.05) is 0 Å². The average molecular weight is 397 g/mol. The van der Waals surface area contributed by atoms with Crippen molar-refractivity contribution in [1.82, 2.24) is 4.90 Å². The van der Waals surface area contributed by atoms with Crippen LogP contribution in [0.15, 0.2) is 64.4 Å². The van der Waals surface area contributed by atoms with Crippen LogP contribution >= 0.6 is 0 Å². The highest BCUT2D eigenvalue weighted by molar-refractivity contribution is 7.95. The van der Waals surface area contributed by atoms with Crippen molar-refractivity contribution in [1.29, 1.82) is 0 Å². The van der Waals surface area contributed by atoms with Gasteiger partial charge in [-0.2, -0.15) is 0 Å². The molecule has 4 rings (SSSR count). The van der Waals surface area contributed by atoms with Gasteiger partial charge in [0.25, 0.3) is 0 Å². The minimum atomic E-state index is -3.73. The lowest BCUT2D eigenvalue weighted by molar-refractivity contribution is 0.0194. The molecule has 2 aromatic carbocycles. The number of benzene rings is 2. The highest BCUT2D eigenvalue weighted by atomic mass is 32.2. The molecule has 0 unspecified atom stereocenters. The molecule has 5 nitrogen and oxygen atoms in total. The van der Waals surface area contributed by atoms with Crippen molar-refractivity contribution in [3.63, 3.8) is 0 Å². The van der Waals surface area contributed by atoms with Gasteiger partial charge in [0.05, 0.1) is 21.9 Å². The maximum absolute atomic E-state index is 13.4. The summed E-state index contributed by atoms with van der Waals surface area (Å²) in [5.41, 5.74) is 2.11. The third kappa shape index (κ3) is 2.92. The molecule has 2 bridgehead atoms. The average Bonchev–Trinajstić information content (AvgIpc) is 3.16. The van der Waals surface area contributed by atoms with Gasteiger partial charge >= 0.3 is 6.09 Å². The summed E-state index contributed by atoms with van der Waals surface area (Å²) < 4.78 is 32.3. The van der Waals surface area contributed by atoms with E-state index in [1.807, 2.05) is 31.2 Å². The first kappa shape index (κ1) is 18.7. The van der Waals surface area contributed by atoms with Crippen molar-refractivity contribution < 1.29 is 17.9 Å². The summed E-state index contributed by atoms with van der Waals surface area (Å²) in [6, 6.07) is 13.3. The van der Waals surface area contributed by atoms with Crippen molar-refractivity contribution in [2.45, 2.75) is 50.3 Å². The van der Waals surface area contributed by atoms with Gasteiger partial charge in [-0.25, -0.2) is 13.2 Å². The first-order valence-electron chi connectivity index (χ1n) is 9.23. The van der Waals surface area contributed by atoms with Crippen LogP contribution in [0.1, 0.15) is 49.5 Å². The van der Waals surface area contributed by atoms with Gasteiger partial charge < -0.3 is 4.74 Å². The molecular formula is C22H23NO4S. The molecule has 0 aliphatic carbocycles. The summed E-state index contributed by atoms with van der Waals surface area (Å²) in [7, 11) is -3.73. The smallest absolute Gasteiger partial charge is 0.411 e. The maximum Gasteiger partial charge on any atom is 0.411 e. The Labute approximate surface area is 165 Å². The topological polar surface area (TPSA) is 63.7 Å². The first-order chi connectivity index (χ1) is 13.1. The van der Waals surface area contributed by atoms with Gasteiger partial charge in [-0.3, -0.25) is 4.90 Å². The highest BCUT2D eigenvalue weighted by Crippen LogP contribution is 2.55. The normalized spacial score (nSPS) is 20.7. The monoisotopic (exact) mass is 397 g/mol. The number of hydrogen-bond acceptors (Lipinski definition) is 4. The lowest BCUT2D eigenvalue weighted by atomic mass is 9.97. The molecule has 0 N–H and O–H groups in total. The van der Waals surface area contributed by atoms with E-state index in [9.17, 15) is 13.2 Å². The van der Waals surface area contributed by atoms with Crippen LogP contribution in [-0.2, 0) is 14.6 Å². The molecule has 2 aromatic rings. The zero-order valence-electron chi connectivity index (χ0n) is 16.3. The van der Waals surface area contributed by atoms with Gasteiger partial charge in [0.15, 0.2) is 0 Å². The molecule has 0 spiro atoms. The Balaban J connectivity index is 1.78. The molecule has 2 aliphatic rings. The van der Waals surface area contributed by atoms with Crippen LogP contribution in [0.25, 0.3) is 0 Å². The molecule has 28 heavy (non-hydrogen) atoms. The maximum atomic E-state index is 13.4. The Kier molecular flexibility index (Phi) is 4.16. The summed E-state index contributed by atoms with van der Waals surface area (Å²) in [5, 5.41) is 0. The molecule has 0 saturated heterocycles. The quantitative estimate of drug-likeness (QED) is 0.737. The van der Waals surface area contributed by atoms with Crippen LogP contribution in [0.4, 0.5) is 4.79 Å². The number of rotatable bonds is 2. The highest BCUT2D eigenvalue weighted by Gasteiger charge is 2.52. The predicted octanol–water partition coefficient (Wildman–Crippen LogP) is 4.70. The summed E-state index contributed by atoms with van der Waals surface area (Å²) in [6.07, 6.45) is 1.18. The number of carbonyl (C=O) groups is 1. The van der Waals surface area contributed by atoms with Gasteiger partial charge in [0.1, 0.15) is 5.60 Å². The molecule has 0 aromatic heterocycles. The molecule has 0 radical (unpaired) electrons. The second kappa shape index (κ2) is 6.21. The Morgan fingerprint density at radius 2 is 1.61 bits per heavy atom. The summed E-state index contributed by atoms with van der Waals surface area (Å²) in [6.45, 7) is 7.31. The van der Waals surface area contributed by atoms with Crippen molar-refractivity contribution in [2.75, 3.05) is 0 Å². The number of hydrogen-bond donors (Lipinski definition) is 0. The zero-order chi connectivity index (χ0) is 20.3. The van der Waals surface area contributed by atoms with E-state index in [2.05, 4.69) is 0 Å². The molecule has 1 amide bonds. The van der Waals surface area contributed by atoms with E-state index in [0.717, 1.165) is 16.7 Å². The van der Waals surface area contributed by atoms with Crippen LogP contribution < -0.4 is 0 Å². The Morgan fingerprint density at radius 1 is 1.00 bits per heavy atom. The fourth-order valence-electron chi connectivity index (χ4n) is 3.82. The fourth-order valence-corrected chi connectivity index (χ4v) is 5.43. The molecular weight excluding hydrogens is 374 g/mol. The largest absolute Gasteiger partial charge is 0.444 e. The SMILES string of the molecule is Cc1ccc(S(=O)(=O)C2=C[C@@H]3c4ccccc4[C@H]2N3C(=O)OC(C)(C)C)cc1. The van der Waals surface area contributed by atoms with Crippen LogP contribution in [0, 0.1) is 6.92 Å². The lowest BCUT2D eigenvalue weighted by Gasteiger charge is -2.28. The van der Waals surface area contributed by atoms with Crippen LogP contribution in [0.2, 0.25) is 0 Å². The number of sulfone groups is 1. The number of fused-ring (bicyclic) bond motifs is 5. The van der Waals surface area contributed by atoms with Crippen LogP contribution in [0.3, 0.4) is 0 Å². The van der Waals surface area contributed by atoms with Gasteiger partial charge in [-0.05, 0) is 57.0 Å². The standard InChI is InChI=1S/C22H23NO4S/c1-14-9-11-15(12-10-14)28(25,26)19-13-18-16-7-5-6-8-17(16)20(19)23(18)21(24)27-22(2,3)4/h5-13,18,20H,1-4H3/t18-,20-/m1/s1. The molecule has 0 fully saturated rings. The van der Waals surface area contributed by atoms with E-state index in [-0.39, 0.29) is 9.80 Å². The number of ether oxygens (including phenoxy) is 1. The predicted molar refractivity (Wildman–Crippen MR) is 106 cm³/mol. The molecule has 2 atom stereocenters. The third-order valence-corrected chi connectivity index (χ3v) is 6.90. The molecule has 2 heterocycles. The Bertz CT molecular complexity index is 1080. The van der Waals surface area contributed by atoms with Gasteiger partial charge in [-0.1, -0.05) is 42.0 Å². The van der Waals surface area contributed by atoms with Gasteiger partial charge in [0.2, 0.25) is 9.84 Å². The molecule has 6 heteroatoms. The van der Waals surface area contributed by atoms with Crippen molar-refractivity contribution in [3.8, 4) is 0 Å². The van der Waals surface area contributed by atoms with E-state index in [0.29, 0.717) is 0 Å². The fraction of sp³-hybridized carbons (Fsp3) is 0.318. The molecule has 146 valence electrons. The van der Waals surface area contributed by atoms with E-state index in [4.69, 9.17) is 4.74 Å². The van der Waals surface area contributed by atoms with Crippen molar-refractivity contribution in [3.05, 3.63) is 76.2 Å². The number of carbonyl (C=O) groups excluding carboxylic acids is 1. The zero-order valence-corrected chi connectivity index (χ0v) is 17.2.